The van der Waals surface area contributed by atoms with Crippen LogP contribution in [0.1, 0.15) is 38.2 Å². The van der Waals surface area contributed by atoms with E-state index in [0.29, 0.717) is 0 Å². The number of hydrogen-bond acceptors (Lipinski definition) is 2. The molecule has 1 aromatic rings. The second kappa shape index (κ2) is 7.79. The molecule has 1 rings (SSSR count). The molecule has 0 saturated carbocycles. The number of halogens is 3. The molecule has 18 heavy (non-hydrogen) atoms. The van der Waals surface area contributed by atoms with Gasteiger partial charge < -0.3 is 5.32 Å². The predicted molar refractivity (Wildman–Crippen MR) is 70.0 cm³/mol. The molecule has 1 nitrogen and oxygen atoms in total. The van der Waals surface area contributed by atoms with Gasteiger partial charge in [-0.2, -0.15) is 24.5 Å². The normalized spacial score (nSPS) is 13.8. The van der Waals surface area contributed by atoms with Crippen molar-refractivity contribution in [2.24, 2.45) is 0 Å². The van der Waals surface area contributed by atoms with Crippen LogP contribution in [-0.2, 0) is 6.42 Å². The number of alkyl halides is 3. The summed E-state index contributed by atoms with van der Waals surface area (Å²) in [6.45, 7) is 2.80. The molecule has 0 bridgehead atoms. The van der Waals surface area contributed by atoms with Crippen molar-refractivity contribution in [3.63, 3.8) is 0 Å². The maximum Gasteiger partial charge on any atom is 0.389 e. The van der Waals surface area contributed by atoms with Crippen LogP contribution in [0.4, 0.5) is 13.2 Å². The van der Waals surface area contributed by atoms with Crippen LogP contribution in [0.15, 0.2) is 16.8 Å². The van der Waals surface area contributed by atoms with Gasteiger partial charge in [-0.15, -0.1) is 0 Å². The lowest BCUT2D eigenvalue weighted by atomic mass is 10.0. The summed E-state index contributed by atoms with van der Waals surface area (Å²) in [5.74, 6) is 0. The molecular weight excluding hydrogens is 259 g/mol. The zero-order valence-electron chi connectivity index (χ0n) is 10.6. The molecule has 0 saturated heterocycles. The van der Waals surface area contributed by atoms with Crippen molar-refractivity contribution in [1.82, 2.24) is 5.32 Å². The van der Waals surface area contributed by atoms with Crippen LogP contribution in [-0.4, -0.2) is 18.8 Å². The van der Waals surface area contributed by atoms with E-state index in [9.17, 15) is 13.2 Å². The van der Waals surface area contributed by atoms with Gasteiger partial charge in [0, 0.05) is 12.5 Å². The van der Waals surface area contributed by atoms with Gasteiger partial charge in [0.25, 0.3) is 0 Å². The van der Waals surface area contributed by atoms with E-state index in [0.717, 1.165) is 25.8 Å². The molecule has 0 aliphatic carbocycles. The molecule has 1 unspecified atom stereocenters. The Morgan fingerprint density at radius 2 is 2.11 bits per heavy atom. The molecule has 5 heteroatoms. The van der Waals surface area contributed by atoms with E-state index >= 15 is 0 Å². The molecule has 0 aromatic carbocycles. The molecule has 0 fully saturated rings. The van der Waals surface area contributed by atoms with Crippen molar-refractivity contribution < 1.29 is 13.2 Å². The van der Waals surface area contributed by atoms with Crippen molar-refractivity contribution in [2.75, 3.05) is 6.54 Å². The Morgan fingerprint density at radius 3 is 2.67 bits per heavy atom. The summed E-state index contributed by atoms with van der Waals surface area (Å²) in [5, 5.41) is 7.26. The van der Waals surface area contributed by atoms with E-state index in [4.69, 9.17) is 0 Å². The minimum atomic E-state index is -4.05. The van der Waals surface area contributed by atoms with Crippen molar-refractivity contribution in [3.8, 4) is 0 Å². The van der Waals surface area contributed by atoms with E-state index in [2.05, 4.69) is 10.7 Å². The summed E-state index contributed by atoms with van der Waals surface area (Å²) in [5.41, 5.74) is 1.22. The Kier molecular flexibility index (Phi) is 6.71. The molecule has 104 valence electrons. The molecule has 1 heterocycles. The highest BCUT2D eigenvalue weighted by Crippen LogP contribution is 2.23. The Hall–Kier alpha value is -0.550. The average molecular weight is 279 g/mol. The Bertz CT molecular complexity index is 309. The summed E-state index contributed by atoms with van der Waals surface area (Å²) in [4.78, 5) is 0. The second-order valence-corrected chi connectivity index (χ2v) is 5.26. The Morgan fingerprint density at radius 1 is 1.33 bits per heavy atom. The lowest BCUT2D eigenvalue weighted by molar-refractivity contribution is -0.136. The van der Waals surface area contributed by atoms with Crippen molar-refractivity contribution in [1.29, 1.82) is 0 Å². The van der Waals surface area contributed by atoms with Gasteiger partial charge in [-0.1, -0.05) is 6.92 Å². The van der Waals surface area contributed by atoms with Crippen LogP contribution >= 0.6 is 11.3 Å². The maximum atomic E-state index is 12.2. The quantitative estimate of drug-likeness (QED) is 0.744. The van der Waals surface area contributed by atoms with Gasteiger partial charge in [0.15, 0.2) is 0 Å². The monoisotopic (exact) mass is 279 g/mol. The minimum Gasteiger partial charge on any atom is -0.314 e. The number of rotatable bonds is 8. The SMILES string of the molecule is CCCNC(CCc1ccsc1)CCC(F)(F)F. The van der Waals surface area contributed by atoms with Gasteiger partial charge in [0.2, 0.25) is 0 Å². The van der Waals surface area contributed by atoms with E-state index in [1.165, 1.54) is 5.56 Å². The zero-order chi connectivity index (χ0) is 13.4. The molecule has 0 spiro atoms. The van der Waals surface area contributed by atoms with Crippen LogP contribution in [0.5, 0.6) is 0 Å². The highest BCUT2D eigenvalue weighted by Gasteiger charge is 2.28. The van der Waals surface area contributed by atoms with E-state index < -0.39 is 12.6 Å². The highest BCUT2D eigenvalue weighted by atomic mass is 32.1. The first-order valence-electron chi connectivity index (χ1n) is 6.32. The fraction of sp³-hybridized carbons (Fsp3) is 0.692. The van der Waals surface area contributed by atoms with Crippen LogP contribution in [0.3, 0.4) is 0 Å². The molecule has 1 N–H and O–H groups in total. The van der Waals surface area contributed by atoms with Gasteiger partial charge in [0.05, 0.1) is 0 Å². The smallest absolute Gasteiger partial charge is 0.314 e. The van der Waals surface area contributed by atoms with Crippen LogP contribution < -0.4 is 5.32 Å². The Labute approximate surface area is 110 Å². The zero-order valence-corrected chi connectivity index (χ0v) is 11.4. The highest BCUT2D eigenvalue weighted by molar-refractivity contribution is 7.07. The second-order valence-electron chi connectivity index (χ2n) is 4.48. The van der Waals surface area contributed by atoms with E-state index in [-0.39, 0.29) is 12.5 Å². The summed E-state index contributed by atoms with van der Waals surface area (Å²) < 4.78 is 36.7. The fourth-order valence-electron chi connectivity index (χ4n) is 1.81. The van der Waals surface area contributed by atoms with Gasteiger partial charge in [0.1, 0.15) is 0 Å². The molecule has 0 aliphatic rings. The van der Waals surface area contributed by atoms with Gasteiger partial charge >= 0.3 is 6.18 Å². The minimum absolute atomic E-state index is 0.0357. The molecule has 0 aliphatic heterocycles. The Balaban J connectivity index is 2.34. The third kappa shape index (κ3) is 7.01. The summed E-state index contributed by atoms with van der Waals surface area (Å²) in [7, 11) is 0. The average Bonchev–Trinajstić information content (AvgIpc) is 2.79. The third-order valence-corrected chi connectivity index (χ3v) is 3.55. The summed E-state index contributed by atoms with van der Waals surface area (Å²) in [6.07, 6.45) is -2.00. The first-order valence-corrected chi connectivity index (χ1v) is 7.26. The van der Waals surface area contributed by atoms with Crippen LogP contribution in [0.25, 0.3) is 0 Å². The number of nitrogens with one attached hydrogen (secondary N) is 1. The summed E-state index contributed by atoms with van der Waals surface area (Å²) in [6, 6.07) is 2.00. The van der Waals surface area contributed by atoms with Gasteiger partial charge in [-0.25, -0.2) is 0 Å². The van der Waals surface area contributed by atoms with Crippen molar-refractivity contribution in [2.45, 2.75) is 51.2 Å². The number of thiophene rings is 1. The molecular formula is C13H20F3NS. The van der Waals surface area contributed by atoms with Gasteiger partial charge in [-0.3, -0.25) is 0 Å². The topological polar surface area (TPSA) is 12.0 Å². The first-order chi connectivity index (χ1) is 8.51. The molecule has 1 atom stereocenters. The maximum absolute atomic E-state index is 12.2. The van der Waals surface area contributed by atoms with Gasteiger partial charge in [-0.05, 0) is 54.6 Å². The predicted octanol–water partition coefficient (Wildman–Crippen LogP) is 4.39. The lowest BCUT2D eigenvalue weighted by Crippen LogP contribution is -2.31. The van der Waals surface area contributed by atoms with Crippen LogP contribution in [0.2, 0.25) is 0 Å². The largest absolute Gasteiger partial charge is 0.389 e. The first kappa shape index (κ1) is 15.5. The standard InChI is InChI=1S/C13H20F3NS/c1-2-8-17-12(5-7-13(14,15)16)4-3-11-6-9-18-10-11/h6,9-10,12,17H,2-5,7-8H2,1H3. The summed E-state index contributed by atoms with van der Waals surface area (Å²) >= 11 is 1.63. The molecule has 1 aromatic heterocycles. The fourth-order valence-corrected chi connectivity index (χ4v) is 2.51. The van der Waals surface area contributed by atoms with E-state index in [1.807, 2.05) is 18.4 Å². The van der Waals surface area contributed by atoms with Crippen molar-refractivity contribution >= 4 is 11.3 Å². The number of hydrogen-bond donors (Lipinski definition) is 1. The van der Waals surface area contributed by atoms with Crippen molar-refractivity contribution in [3.05, 3.63) is 22.4 Å². The lowest BCUT2D eigenvalue weighted by Gasteiger charge is -2.19. The third-order valence-electron chi connectivity index (χ3n) is 2.82. The van der Waals surface area contributed by atoms with E-state index in [1.54, 1.807) is 11.3 Å². The molecule has 0 radical (unpaired) electrons. The molecule has 0 amide bonds. The van der Waals surface area contributed by atoms with Crippen LogP contribution in [0, 0.1) is 0 Å². The number of aryl methyl sites for hydroxylation is 1.